The van der Waals surface area contributed by atoms with Gasteiger partial charge < -0.3 is 124 Å². The normalized spacial score (nSPS) is 55.3. The lowest BCUT2D eigenvalue weighted by atomic mass is 9.47. The first-order valence-electron chi connectivity index (χ1n) is 30.7. The van der Waals surface area contributed by atoms with Crippen LogP contribution in [0.2, 0.25) is 0 Å². The van der Waals surface area contributed by atoms with Crippen LogP contribution in [0.25, 0.3) is 0 Å². The smallest absolute Gasteiger partial charge is 0.394 e. The summed E-state index contributed by atoms with van der Waals surface area (Å²) in [6.07, 6.45) is -41.6. The van der Waals surface area contributed by atoms with Crippen LogP contribution in [-0.2, 0) is 66.7 Å². The summed E-state index contributed by atoms with van der Waals surface area (Å²) in [5.74, 6) is -1.33. The Hall–Kier alpha value is -1.39. The van der Waals surface area contributed by atoms with Crippen LogP contribution in [0.15, 0.2) is 11.6 Å². The quantitative estimate of drug-likeness (QED) is 0.0526. The summed E-state index contributed by atoms with van der Waals surface area (Å²) >= 11 is 0. The fourth-order valence-corrected chi connectivity index (χ4v) is 17.1. The maximum absolute atomic E-state index is 12.5. The van der Waals surface area contributed by atoms with E-state index in [1.54, 1.807) is 6.92 Å². The van der Waals surface area contributed by atoms with Gasteiger partial charge in [0.15, 0.2) is 31.5 Å². The second kappa shape index (κ2) is 25.7. The van der Waals surface area contributed by atoms with E-state index in [2.05, 4.69) is 19.9 Å². The first-order chi connectivity index (χ1) is 40.7. The number of hydrogen-bond acceptors (Lipinski definition) is 28. The molecule has 502 valence electrons. The third-order valence-corrected chi connectivity index (χ3v) is 22.3. The van der Waals surface area contributed by atoms with Crippen molar-refractivity contribution in [3.05, 3.63) is 11.6 Å². The molecule has 0 amide bonds. The van der Waals surface area contributed by atoms with Gasteiger partial charge in [0.05, 0.1) is 61.0 Å². The number of ether oxygens (including phenoxy) is 11. The Kier molecular flexibility index (Phi) is 20.3. The van der Waals surface area contributed by atoms with Crippen LogP contribution in [-0.4, -0.2) is 281 Å². The lowest BCUT2D eigenvalue weighted by Gasteiger charge is -2.60. The Morgan fingerprint density at radius 1 is 0.598 bits per heavy atom. The number of rotatable bonds is 16. The summed E-state index contributed by atoms with van der Waals surface area (Å²) in [6.45, 7) is 14.6. The van der Waals surface area contributed by atoms with Crippen LogP contribution in [0.4, 0.5) is 0 Å². The van der Waals surface area contributed by atoms with E-state index >= 15 is 0 Å². The van der Waals surface area contributed by atoms with Gasteiger partial charge in [-0.25, -0.2) is 4.18 Å². The average molecular weight is 1280 g/mol. The number of allylic oxidation sites excluding steroid dienone is 2. The van der Waals surface area contributed by atoms with Gasteiger partial charge in [0.25, 0.3) is 0 Å². The molecule has 29 nitrogen and oxygen atoms in total. The van der Waals surface area contributed by atoms with Crippen molar-refractivity contribution in [2.45, 2.75) is 297 Å². The van der Waals surface area contributed by atoms with Gasteiger partial charge in [-0.05, 0) is 108 Å². The fraction of sp³-hybridized carbons (Fsp3) is 0.965. The molecule has 0 radical (unpaired) electrons. The molecule has 3 saturated carbocycles. The maximum Gasteiger partial charge on any atom is 0.397 e. The average Bonchev–Trinajstić information content (AvgIpc) is 1.60. The topological polar surface area (TPSA) is 448 Å². The van der Waals surface area contributed by atoms with E-state index in [0.717, 1.165) is 5.57 Å². The third-order valence-electron chi connectivity index (χ3n) is 21.7. The number of aliphatic hydroxyl groups excluding tert-OH is 13. The molecule has 1 unspecified atom stereocenters. The molecular weight excluding hydrogens is 1180 g/mol. The Labute approximate surface area is 505 Å². The highest BCUT2D eigenvalue weighted by Crippen LogP contribution is 2.69. The highest BCUT2D eigenvalue weighted by atomic mass is 32.3. The van der Waals surface area contributed by atoms with Crippen LogP contribution in [0.3, 0.4) is 0 Å². The highest BCUT2D eigenvalue weighted by Gasteiger charge is 2.70. The summed E-state index contributed by atoms with van der Waals surface area (Å²) in [6, 6.07) is 0. The van der Waals surface area contributed by atoms with Crippen LogP contribution in [0, 0.1) is 40.4 Å². The van der Waals surface area contributed by atoms with Gasteiger partial charge in [-0.3, -0.25) is 4.55 Å². The molecule has 10 aliphatic rings. The predicted octanol–water partition coefficient (Wildman–Crippen LogP) is -3.51. The molecule has 4 aliphatic carbocycles. The number of hydrogen-bond donors (Lipinski definition) is 15. The Balaban J connectivity index is 0.930. The molecule has 15 N–H and O–H groups in total. The predicted molar refractivity (Wildman–Crippen MR) is 291 cm³/mol. The van der Waals surface area contributed by atoms with Crippen molar-refractivity contribution in [3.63, 3.8) is 0 Å². The zero-order valence-electron chi connectivity index (χ0n) is 50.3. The second-order valence-electron chi connectivity index (χ2n) is 27.2. The first kappa shape index (κ1) is 68.5. The molecule has 6 saturated heterocycles. The van der Waals surface area contributed by atoms with E-state index in [1.165, 1.54) is 27.7 Å². The molecule has 38 atom stereocenters. The largest absolute Gasteiger partial charge is 0.397 e. The van der Waals surface area contributed by atoms with Crippen molar-refractivity contribution >= 4 is 10.4 Å². The zero-order valence-corrected chi connectivity index (χ0v) is 51.1. The monoisotopic (exact) mass is 1270 g/mol. The van der Waals surface area contributed by atoms with Crippen molar-refractivity contribution < 1.29 is 141 Å². The molecule has 0 aromatic carbocycles. The van der Waals surface area contributed by atoms with E-state index < -0.39 is 223 Å². The summed E-state index contributed by atoms with van der Waals surface area (Å²) < 4.78 is 108. The Bertz CT molecular complexity index is 2500. The van der Waals surface area contributed by atoms with E-state index in [-0.39, 0.29) is 36.5 Å². The number of aliphatic hydroxyl groups is 14. The van der Waals surface area contributed by atoms with Crippen LogP contribution < -0.4 is 0 Å². The SMILES string of the molecule is CCC(C)[C@H](O)[C@@H]1O[C@H]2C[C@H]3[C@@H]4C[C@H](O[C@@H]5O[C@H](C)[C@@H](O)[C@H](O[C@@H]6O[C@H](C)[C@@H](O[C@@H]7O[C@H](CO)[C@@H](O)[C@H](O)[C@H]7O[C@@H]7O[C@H](C)[C@H](O)[C@H](O)[C@H]7O)[C@H](O)[C@H]6O[C@@H]6O[C@H](C)[C@@H](O)[C@H](O)[C@H]6O)[C@H]5O)[C@H]5C[C@@H](OS(=O)(=O)O)CC[C@]5(C)C4=CC[C@]3(C)[C@H]2[C@@]1(C)O. The van der Waals surface area contributed by atoms with Gasteiger partial charge >= 0.3 is 10.4 Å². The lowest BCUT2D eigenvalue weighted by molar-refractivity contribution is -0.407. The highest BCUT2D eigenvalue weighted by molar-refractivity contribution is 7.80. The number of fused-ring (bicyclic) bond motifs is 7. The van der Waals surface area contributed by atoms with E-state index in [1.807, 2.05) is 13.8 Å². The minimum atomic E-state index is -4.90. The van der Waals surface area contributed by atoms with Crippen molar-refractivity contribution in [1.29, 1.82) is 0 Å². The lowest BCUT2D eigenvalue weighted by Crippen LogP contribution is -2.68. The zero-order chi connectivity index (χ0) is 63.6. The van der Waals surface area contributed by atoms with Crippen molar-refractivity contribution in [2.24, 2.45) is 40.4 Å². The van der Waals surface area contributed by atoms with E-state index in [9.17, 15) is 84.5 Å². The van der Waals surface area contributed by atoms with Crippen molar-refractivity contribution in [2.75, 3.05) is 6.61 Å². The first-order valence-corrected chi connectivity index (χ1v) is 32.1. The summed E-state index contributed by atoms with van der Waals surface area (Å²) in [4.78, 5) is 0. The van der Waals surface area contributed by atoms with E-state index in [0.29, 0.717) is 32.1 Å². The van der Waals surface area contributed by atoms with Crippen LogP contribution in [0.5, 0.6) is 0 Å². The molecule has 0 aromatic heterocycles. The second-order valence-corrected chi connectivity index (χ2v) is 28.3. The fourth-order valence-electron chi connectivity index (χ4n) is 16.6. The van der Waals surface area contributed by atoms with Crippen molar-refractivity contribution in [3.8, 4) is 0 Å². The molecule has 87 heavy (non-hydrogen) atoms. The molecule has 0 bridgehead atoms. The molecule has 6 aliphatic heterocycles. The summed E-state index contributed by atoms with van der Waals surface area (Å²) in [7, 11) is -4.90. The summed E-state index contributed by atoms with van der Waals surface area (Å²) in [5.41, 5.74) is -1.49. The van der Waals surface area contributed by atoms with Gasteiger partial charge in [-0.1, -0.05) is 45.8 Å². The molecule has 10 rings (SSSR count). The van der Waals surface area contributed by atoms with Gasteiger partial charge in [0, 0.05) is 5.92 Å². The molecule has 9 fully saturated rings. The Morgan fingerprint density at radius 2 is 1.13 bits per heavy atom. The standard InChI is InChI=1S/C57H94O29S/c1-10-19(2)32(59)49-57(9,71)48-30(79-49)17-27-25-16-29(28-15-24(86-87(72,73)74)11-13-55(28,7)26(25)12-14-56(27,48)8)80-52-43(70)45(35(62)22(5)77-52)83-53-47(85-51-41(68)38(65)34(61)21(4)76-51)42(69)44(23(6)78-53)82-54-46(39(66)36(63)31(18-58)81-54)84-50-40(67)37(64)33(60)20(3)75-50/h12,19-25,27-54,58-71H,10-11,13-18H2,1-9H3,(H,72,73,74)/t19?,20-,21-,22-,23-,24+,25-,27+,28-,29+,30+,31-,32+,33+,34-,35-,36-,37+,38+,39+,40-,41-,42+,43-,44-,45+,46-,47-,48+,49+,50+,51+,52+,53+,54+,55-,56+,57-/m1/s1. The van der Waals surface area contributed by atoms with Gasteiger partial charge in [0.2, 0.25) is 0 Å². The minimum Gasteiger partial charge on any atom is -0.394 e. The van der Waals surface area contributed by atoms with Gasteiger partial charge in [-0.15, -0.1) is 0 Å². The third kappa shape index (κ3) is 12.4. The van der Waals surface area contributed by atoms with Crippen molar-refractivity contribution in [1.82, 2.24) is 0 Å². The molecular formula is C57H94O29S. The Morgan fingerprint density at radius 3 is 1.70 bits per heavy atom. The minimum absolute atomic E-state index is 0.0846. The molecule has 0 spiro atoms. The maximum atomic E-state index is 12.5. The van der Waals surface area contributed by atoms with Gasteiger partial charge in [-0.2, -0.15) is 8.42 Å². The van der Waals surface area contributed by atoms with Crippen LogP contribution >= 0.6 is 0 Å². The van der Waals surface area contributed by atoms with E-state index in [4.69, 9.17) is 56.3 Å². The molecule has 0 aromatic rings. The summed E-state index contributed by atoms with van der Waals surface area (Å²) in [5, 5.41) is 158. The molecule has 6 heterocycles. The van der Waals surface area contributed by atoms with Gasteiger partial charge in [0.1, 0.15) is 104 Å². The van der Waals surface area contributed by atoms with Crippen LogP contribution in [0.1, 0.15) is 107 Å². The molecule has 30 heteroatoms.